The standard InChI is InChI=1S/C19H38N2/c1-2-3-4-5-6-8-13-18(20)19(14-9-10-15-19)21-16-11-7-12-17-21/h18H,2-17,20H2,1H3. The van der Waals surface area contributed by atoms with E-state index >= 15 is 0 Å². The summed E-state index contributed by atoms with van der Waals surface area (Å²) in [4.78, 5) is 2.80. The van der Waals surface area contributed by atoms with Crippen LogP contribution in [-0.2, 0) is 0 Å². The minimum atomic E-state index is 0.379. The normalized spacial score (nSPS) is 24.3. The summed E-state index contributed by atoms with van der Waals surface area (Å²) >= 11 is 0. The van der Waals surface area contributed by atoms with E-state index in [0.717, 1.165) is 0 Å². The van der Waals surface area contributed by atoms with Crippen LogP contribution in [0.2, 0.25) is 0 Å². The number of rotatable bonds is 9. The summed E-state index contributed by atoms with van der Waals surface area (Å²) in [6.45, 7) is 4.91. The summed E-state index contributed by atoms with van der Waals surface area (Å²) in [7, 11) is 0. The predicted octanol–water partition coefficient (Wildman–Crippen LogP) is 4.86. The first kappa shape index (κ1) is 17.3. The molecule has 1 saturated heterocycles. The molecule has 124 valence electrons. The van der Waals surface area contributed by atoms with Crippen LogP contribution >= 0.6 is 0 Å². The monoisotopic (exact) mass is 294 g/mol. The van der Waals surface area contributed by atoms with Crippen LogP contribution in [0.3, 0.4) is 0 Å². The van der Waals surface area contributed by atoms with E-state index < -0.39 is 0 Å². The molecule has 2 N–H and O–H groups in total. The number of piperidine rings is 1. The number of nitrogens with zero attached hydrogens (tertiary/aromatic N) is 1. The maximum absolute atomic E-state index is 6.74. The van der Waals surface area contributed by atoms with Crippen molar-refractivity contribution in [3.8, 4) is 0 Å². The molecule has 0 bridgehead atoms. The lowest BCUT2D eigenvalue weighted by atomic mass is 9.82. The highest BCUT2D eigenvalue weighted by Gasteiger charge is 2.44. The highest BCUT2D eigenvalue weighted by Crippen LogP contribution is 2.40. The van der Waals surface area contributed by atoms with Gasteiger partial charge < -0.3 is 5.73 Å². The van der Waals surface area contributed by atoms with E-state index in [1.54, 1.807) is 0 Å². The van der Waals surface area contributed by atoms with E-state index in [-0.39, 0.29) is 0 Å². The minimum absolute atomic E-state index is 0.379. The van der Waals surface area contributed by atoms with E-state index in [1.807, 2.05) is 0 Å². The van der Waals surface area contributed by atoms with Gasteiger partial charge in [0.1, 0.15) is 0 Å². The molecule has 2 rings (SSSR count). The molecule has 1 heterocycles. The SMILES string of the molecule is CCCCCCCCC(N)C1(N2CCCCC2)CCCC1. The van der Waals surface area contributed by atoms with Crippen molar-refractivity contribution >= 4 is 0 Å². The number of nitrogens with two attached hydrogens (primary N) is 1. The third kappa shape index (κ3) is 4.69. The Hall–Kier alpha value is -0.0800. The Morgan fingerprint density at radius 2 is 1.48 bits per heavy atom. The van der Waals surface area contributed by atoms with Gasteiger partial charge in [0.15, 0.2) is 0 Å². The van der Waals surface area contributed by atoms with Gasteiger partial charge in [-0.1, -0.05) is 64.7 Å². The van der Waals surface area contributed by atoms with Crippen molar-refractivity contribution in [3.05, 3.63) is 0 Å². The number of hydrogen-bond acceptors (Lipinski definition) is 2. The zero-order valence-corrected chi connectivity index (χ0v) is 14.4. The van der Waals surface area contributed by atoms with Gasteiger partial charge in [0, 0.05) is 11.6 Å². The Morgan fingerprint density at radius 1 is 0.857 bits per heavy atom. The van der Waals surface area contributed by atoms with Crippen molar-refractivity contribution < 1.29 is 0 Å². The van der Waals surface area contributed by atoms with E-state index in [2.05, 4.69) is 11.8 Å². The smallest absolute Gasteiger partial charge is 0.0360 e. The van der Waals surface area contributed by atoms with Crippen LogP contribution in [0.15, 0.2) is 0 Å². The first-order chi connectivity index (χ1) is 10.3. The average molecular weight is 295 g/mol. The lowest BCUT2D eigenvalue weighted by molar-refractivity contribution is 0.0450. The van der Waals surface area contributed by atoms with Gasteiger partial charge in [0.05, 0.1) is 0 Å². The summed E-state index contributed by atoms with van der Waals surface area (Å²) in [5, 5.41) is 0. The molecule has 2 heteroatoms. The number of hydrogen-bond donors (Lipinski definition) is 1. The zero-order valence-electron chi connectivity index (χ0n) is 14.4. The van der Waals surface area contributed by atoms with Crippen molar-refractivity contribution in [1.82, 2.24) is 4.90 Å². The Balaban J connectivity index is 1.77. The molecule has 0 radical (unpaired) electrons. The first-order valence-electron chi connectivity index (χ1n) is 9.80. The Morgan fingerprint density at radius 3 is 2.14 bits per heavy atom. The lowest BCUT2D eigenvalue weighted by Gasteiger charge is -2.47. The zero-order chi connectivity index (χ0) is 15.0. The van der Waals surface area contributed by atoms with Gasteiger partial charge in [-0.25, -0.2) is 0 Å². The van der Waals surface area contributed by atoms with Crippen LogP contribution in [0.25, 0.3) is 0 Å². The summed E-state index contributed by atoms with van der Waals surface area (Å²) in [6, 6.07) is 0.421. The second kappa shape index (κ2) is 9.15. The maximum Gasteiger partial charge on any atom is 0.0360 e. The van der Waals surface area contributed by atoms with Crippen LogP contribution in [-0.4, -0.2) is 29.6 Å². The molecule has 2 aliphatic rings. The minimum Gasteiger partial charge on any atom is -0.326 e. The van der Waals surface area contributed by atoms with Crippen LogP contribution in [0.5, 0.6) is 0 Å². The predicted molar refractivity (Wildman–Crippen MR) is 92.6 cm³/mol. The van der Waals surface area contributed by atoms with Gasteiger partial charge in [-0.05, 0) is 45.2 Å². The van der Waals surface area contributed by atoms with Crippen LogP contribution < -0.4 is 5.73 Å². The molecule has 1 aliphatic heterocycles. The summed E-state index contributed by atoms with van der Waals surface area (Å²) in [6.07, 6.45) is 19.3. The van der Waals surface area contributed by atoms with E-state index in [9.17, 15) is 0 Å². The molecule has 1 saturated carbocycles. The molecule has 0 aromatic heterocycles. The van der Waals surface area contributed by atoms with Crippen LogP contribution in [0, 0.1) is 0 Å². The quantitative estimate of drug-likeness (QED) is 0.615. The van der Waals surface area contributed by atoms with Crippen LogP contribution in [0.1, 0.15) is 96.8 Å². The molecule has 0 aromatic rings. The number of likely N-dealkylation sites (tertiary alicyclic amines) is 1. The van der Waals surface area contributed by atoms with E-state index in [4.69, 9.17) is 5.73 Å². The molecule has 0 spiro atoms. The van der Waals surface area contributed by atoms with Gasteiger partial charge in [-0.15, -0.1) is 0 Å². The van der Waals surface area contributed by atoms with Gasteiger partial charge in [-0.3, -0.25) is 4.90 Å². The van der Waals surface area contributed by atoms with Gasteiger partial charge in [0.2, 0.25) is 0 Å². The fourth-order valence-corrected chi connectivity index (χ4v) is 4.66. The van der Waals surface area contributed by atoms with Crippen molar-refractivity contribution in [2.24, 2.45) is 5.73 Å². The number of unbranched alkanes of at least 4 members (excludes halogenated alkanes) is 5. The molecular formula is C19H38N2. The second-order valence-electron chi connectivity index (χ2n) is 7.52. The Labute approximate surface area is 132 Å². The van der Waals surface area contributed by atoms with Crippen LogP contribution in [0.4, 0.5) is 0 Å². The van der Waals surface area contributed by atoms with E-state index in [0.29, 0.717) is 11.6 Å². The van der Waals surface area contributed by atoms with E-state index in [1.165, 1.54) is 103 Å². The summed E-state index contributed by atoms with van der Waals surface area (Å²) in [5.41, 5.74) is 7.12. The topological polar surface area (TPSA) is 29.3 Å². The molecule has 1 unspecified atom stereocenters. The molecule has 21 heavy (non-hydrogen) atoms. The molecule has 0 amide bonds. The van der Waals surface area contributed by atoms with Crippen molar-refractivity contribution in [2.45, 2.75) is 108 Å². The molecule has 2 nitrogen and oxygen atoms in total. The average Bonchev–Trinajstić information content (AvgIpc) is 3.02. The largest absolute Gasteiger partial charge is 0.326 e. The third-order valence-electron chi connectivity index (χ3n) is 6.01. The van der Waals surface area contributed by atoms with Crippen molar-refractivity contribution in [1.29, 1.82) is 0 Å². The first-order valence-corrected chi connectivity index (χ1v) is 9.80. The molecular weight excluding hydrogens is 256 g/mol. The third-order valence-corrected chi connectivity index (χ3v) is 6.01. The van der Waals surface area contributed by atoms with Gasteiger partial charge >= 0.3 is 0 Å². The van der Waals surface area contributed by atoms with Gasteiger partial charge in [0.25, 0.3) is 0 Å². The van der Waals surface area contributed by atoms with Crippen molar-refractivity contribution in [3.63, 3.8) is 0 Å². The summed E-state index contributed by atoms with van der Waals surface area (Å²) < 4.78 is 0. The molecule has 2 fully saturated rings. The molecule has 1 atom stereocenters. The van der Waals surface area contributed by atoms with Gasteiger partial charge in [-0.2, -0.15) is 0 Å². The lowest BCUT2D eigenvalue weighted by Crippen LogP contribution is -2.59. The maximum atomic E-state index is 6.74. The fourth-order valence-electron chi connectivity index (χ4n) is 4.66. The Kier molecular flexibility index (Phi) is 7.53. The highest BCUT2D eigenvalue weighted by molar-refractivity contribution is 5.02. The molecule has 1 aliphatic carbocycles. The second-order valence-corrected chi connectivity index (χ2v) is 7.52. The fraction of sp³-hybridized carbons (Fsp3) is 1.00. The molecule has 0 aromatic carbocycles. The highest BCUT2D eigenvalue weighted by atomic mass is 15.2. The Bertz CT molecular complexity index is 265. The summed E-state index contributed by atoms with van der Waals surface area (Å²) in [5.74, 6) is 0. The van der Waals surface area contributed by atoms with Crippen molar-refractivity contribution in [2.75, 3.05) is 13.1 Å².